The highest BCUT2D eigenvalue weighted by molar-refractivity contribution is 5.71. The number of carbonyl (C=O) groups excluding carboxylic acids is 3. The van der Waals surface area contributed by atoms with Crippen molar-refractivity contribution in [1.29, 1.82) is 0 Å². The zero-order chi connectivity index (χ0) is 59.9. The first-order chi connectivity index (χ1) is 41.0. The maximum atomic E-state index is 12.9. The van der Waals surface area contributed by atoms with Gasteiger partial charge in [0.2, 0.25) is 0 Å². The summed E-state index contributed by atoms with van der Waals surface area (Å²) in [6.07, 6.45) is 101. The van der Waals surface area contributed by atoms with Crippen LogP contribution in [0.3, 0.4) is 0 Å². The maximum Gasteiger partial charge on any atom is 0.306 e. The first-order valence-electron chi connectivity index (χ1n) is 34.0. The van der Waals surface area contributed by atoms with Crippen LogP contribution in [0.2, 0.25) is 0 Å². The van der Waals surface area contributed by atoms with Gasteiger partial charge in [0, 0.05) is 19.3 Å². The van der Waals surface area contributed by atoms with Crippen molar-refractivity contribution in [2.75, 3.05) is 13.2 Å². The number of allylic oxidation sites excluding steroid dienone is 26. The molecule has 0 aliphatic carbocycles. The molecule has 468 valence electrons. The predicted octanol–water partition coefficient (Wildman–Crippen LogP) is 23.7. The lowest BCUT2D eigenvalue weighted by Gasteiger charge is -2.18. The molecule has 6 heteroatoms. The van der Waals surface area contributed by atoms with Crippen LogP contribution >= 0.6 is 0 Å². The lowest BCUT2D eigenvalue weighted by molar-refractivity contribution is -0.167. The monoisotopic (exact) mass is 1140 g/mol. The van der Waals surface area contributed by atoms with E-state index in [9.17, 15) is 14.4 Å². The van der Waals surface area contributed by atoms with Crippen LogP contribution in [0.1, 0.15) is 290 Å². The minimum Gasteiger partial charge on any atom is -0.462 e. The summed E-state index contributed by atoms with van der Waals surface area (Å²) < 4.78 is 16.9. The Hall–Kier alpha value is -4.97. The Balaban J connectivity index is 4.49. The summed E-state index contributed by atoms with van der Waals surface area (Å²) in [5.74, 6) is -0.998. The van der Waals surface area contributed by atoms with Crippen LogP contribution in [0, 0.1) is 0 Å². The lowest BCUT2D eigenvalue weighted by atomic mass is 10.0. The van der Waals surface area contributed by atoms with E-state index in [1.807, 2.05) is 0 Å². The van der Waals surface area contributed by atoms with E-state index < -0.39 is 6.10 Å². The van der Waals surface area contributed by atoms with E-state index in [-0.39, 0.29) is 44.0 Å². The number of esters is 3. The fourth-order valence-electron chi connectivity index (χ4n) is 8.98. The molecule has 6 nitrogen and oxygen atoms in total. The molecule has 0 fully saturated rings. The van der Waals surface area contributed by atoms with E-state index >= 15 is 0 Å². The molecule has 0 aliphatic heterocycles. The van der Waals surface area contributed by atoms with E-state index in [2.05, 4.69) is 179 Å². The zero-order valence-corrected chi connectivity index (χ0v) is 53.7. The minimum absolute atomic E-state index is 0.112. The summed E-state index contributed by atoms with van der Waals surface area (Å²) in [5.41, 5.74) is 0. The maximum absolute atomic E-state index is 12.9. The SMILES string of the molecule is CC/C=C\C/C=C\C/C=C\C/C=C\C/C=C\C/C=C\CCCCCCC(=O)OC(COC(=O)CCC/C=C\C/C=C\C/C=C\C/C=C\C/C=C\CC)COC(=O)CCCCCCCCCCCCCCC/C=C\C/C=C\CCCCCCC. The smallest absolute Gasteiger partial charge is 0.306 e. The molecule has 1 unspecified atom stereocenters. The van der Waals surface area contributed by atoms with Crippen LogP contribution in [0.5, 0.6) is 0 Å². The molecule has 0 amide bonds. The highest BCUT2D eigenvalue weighted by Gasteiger charge is 2.19. The van der Waals surface area contributed by atoms with Gasteiger partial charge in [-0.3, -0.25) is 14.4 Å². The van der Waals surface area contributed by atoms with Crippen LogP contribution in [0.25, 0.3) is 0 Å². The van der Waals surface area contributed by atoms with E-state index in [1.54, 1.807) is 0 Å². The summed E-state index contributed by atoms with van der Waals surface area (Å²) in [4.78, 5) is 38.4. The second-order valence-corrected chi connectivity index (χ2v) is 22.0. The largest absolute Gasteiger partial charge is 0.462 e. The Kier molecular flexibility index (Phi) is 65.4. The first-order valence-corrected chi connectivity index (χ1v) is 34.0. The summed E-state index contributed by atoms with van der Waals surface area (Å²) in [6.45, 7) is 6.34. The minimum atomic E-state index is -0.825. The number of hydrogen-bond donors (Lipinski definition) is 0. The number of rotatable bonds is 60. The number of carbonyl (C=O) groups is 3. The first kappa shape index (κ1) is 78.0. The third-order valence-electron chi connectivity index (χ3n) is 14.0. The van der Waals surface area contributed by atoms with Crippen molar-refractivity contribution in [3.63, 3.8) is 0 Å². The van der Waals surface area contributed by atoms with Crippen LogP contribution in [0.4, 0.5) is 0 Å². The summed E-state index contributed by atoms with van der Waals surface area (Å²) >= 11 is 0. The van der Waals surface area contributed by atoms with Crippen molar-refractivity contribution in [3.05, 3.63) is 158 Å². The fraction of sp³-hybridized carbons (Fsp3) is 0.623. The number of ether oxygens (including phenoxy) is 3. The zero-order valence-electron chi connectivity index (χ0n) is 53.7. The van der Waals surface area contributed by atoms with Crippen molar-refractivity contribution < 1.29 is 28.6 Å². The Morgan fingerprint density at radius 3 is 0.783 bits per heavy atom. The molecular weight excluding hydrogens is 1020 g/mol. The molecule has 0 radical (unpaired) electrons. The second-order valence-electron chi connectivity index (χ2n) is 22.0. The average molecular weight is 1150 g/mol. The summed E-state index contributed by atoms with van der Waals surface area (Å²) in [7, 11) is 0. The number of hydrogen-bond acceptors (Lipinski definition) is 6. The van der Waals surface area contributed by atoms with E-state index in [0.29, 0.717) is 12.8 Å². The van der Waals surface area contributed by atoms with Gasteiger partial charge in [-0.15, -0.1) is 0 Å². The molecule has 0 saturated carbocycles. The molecule has 0 bridgehead atoms. The van der Waals surface area contributed by atoms with Crippen molar-refractivity contribution in [2.24, 2.45) is 0 Å². The fourth-order valence-corrected chi connectivity index (χ4v) is 8.98. The van der Waals surface area contributed by atoms with Crippen molar-refractivity contribution >= 4 is 17.9 Å². The van der Waals surface area contributed by atoms with Gasteiger partial charge in [-0.05, 0) is 141 Å². The summed E-state index contributed by atoms with van der Waals surface area (Å²) in [6, 6.07) is 0. The Morgan fingerprint density at radius 1 is 0.253 bits per heavy atom. The second kappa shape index (κ2) is 69.5. The van der Waals surface area contributed by atoms with Gasteiger partial charge in [-0.2, -0.15) is 0 Å². The molecule has 0 heterocycles. The normalized spacial score (nSPS) is 13.1. The van der Waals surface area contributed by atoms with Crippen molar-refractivity contribution in [2.45, 2.75) is 297 Å². The molecule has 0 aromatic carbocycles. The van der Waals surface area contributed by atoms with E-state index in [0.717, 1.165) is 135 Å². The quantitative estimate of drug-likeness (QED) is 0.0261. The van der Waals surface area contributed by atoms with Gasteiger partial charge >= 0.3 is 17.9 Å². The average Bonchev–Trinajstić information content (AvgIpc) is 3.49. The molecule has 0 spiro atoms. The van der Waals surface area contributed by atoms with E-state index in [1.165, 1.54) is 109 Å². The molecular formula is C77H124O6. The third kappa shape index (κ3) is 67.7. The van der Waals surface area contributed by atoms with Crippen LogP contribution in [-0.4, -0.2) is 37.2 Å². The Morgan fingerprint density at radius 2 is 0.482 bits per heavy atom. The molecule has 0 aromatic rings. The molecule has 0 aromatic heterocycles. The predicted molar refractivity (Wildman–Crippen MR) is 362 cm³/mol. The van der Waals surface area contributed by atoms with Gasteiger partial charge in [-0.1, -0.05) is 288 Å². The van der Waals surface area contributed by atoms with Gasteiger partial charge in [0.15, 0.2) is 6.10 Å². The molecule has 0 N–H and O–H groups in total. The van der Waals surface area contributed by atoms with Gasteiger partial charge in [0.25, 0.3) is 0 Å². The van der Waals surface area contributed by atoms with Crippen molar-refractivity contribution in [3.8, 4) is 0 Å². The lowest BCUT2D eigenvalue weighted by Crippen LogP contribution is -2.30. The third-order valence-corrected chi connectivity index (χ3v) is 14.0. The molecule has 0 saturated heterocycles. The Labute approximate surface area is 511 Å². The molecule has 83 heavy (non-hydrogen) atoms. The number of unbranched alkanes of at least 4 members (excludes halogenated alkanes) is 23. The van der Waals surface area contributed by atoms with Crippen molar-refractivity contribution in [1.82, 2.24) is 0 Å². The standard InChI is InChI=1S/C77H124O6/c1-4-7-10-13-16-19-22-25-28-31-33-35-37-38-40-41-43-46-49-52-55-58-61-64-67-70-76(79)82-73-74(72-81-75(78)69-66-63-60-57-54-51-48-45-30-27-24-21-18-15-12-9-6-3)83-77(80)71-68-65-62-59-56-53-50-47-44-42-39-36-34-32-29-26-23-20-17-14-11-8-5-2/h8-9,11-12,17-18,20-22,25-27,29-31,33-34,36,42,44,48,50-51,53,57,60,74H,4-7,10,13-16,19,23-24,28,32,35,37-41,43,45-47,49,52,54-56,58-59,61-73H2,1-3H3/b11-8-,12-9-,20-17-,21-18-,25-22-,29-26-,30-27-,33-31-,36-34-,44-42-,51-48-,53-50-,60-57-. The van der Waals surface area contributed by atoms with Gasteiger partial charge < -0.3 is 14.2 Å². The van der Waals surface area contributed by atoms with Crippen LogP contribution in [-0.2, 0) is 28.6 Å². The topological polar surface area (TPSA) is 78.9 Å². The highest BCUT2D eigenvalue weighted by atomic mass is 16.6. The Bertz CT molecular complexity index is 1840. The highest BCUT2D eigenvalue weighted by Crippen LogP contribution is 2.15. The van der Waals surface area contributed by atoms with Gasteiger partial charge in [0.05, 0.1) is 0 Å². The van der Waals surface area contributed by atoms with Gasteiger partial charge in [0.1, 0.15) is 13.2 Å². The molecule has 0 aliphatic rings. The van der Waals surface area contributed by atoms with E-state index in [4.69, 9.17) is 14.2 Å². The van der Waals surface area contributed by atoms with Gasteiger partial charge in [-0.25, -0.2) is 0 Å². The van der Waals surface area contributed by atoms with Crippen LogP contribution < -0.4 is 0 Å². The van der Waals surface area contributed by atoms with Crippen LogP contribution in [0.15, 0.2) is 158 Å². The molecule has 1 atom stereocenters. The summed E-state index contributed by atoms with van der Waals surface area (Å²) in [5, 5.41) is 0. The molecule has 0 rings (SSSR count).